The maximum Gasteiger partial charge on any atom is 0.524 e. The lowest BCUT2D eigenvalue weighted by atomic mass is 9.93. The van der Waals surface area contributed by atoms with E-state index in [1.54, 1.807) is 12.1 Å². The van der Waals surface area contributed by atoms with Gasteiger partial charge in [0.05, 0.1) is 6.10 Å². The predicted molar refractivity (Wildman–Crippen MR) is 123 cm³/mol. The maximum atomic E-state index is 11.5. The summed E-state index contributed by atoms with van der Waals surface area (Å²) >= 11 is 0. The van der Waals surface area contributed by atoms with Gasteiger partial charge in [-0.2, -0.15) is 0 Å². The Morgan fingerprint density at radius 3 is 2.10 bits per heavy atom. The van der Waals surface area contributed by atoms with E-state index in [1.165, 1.54) is 0 Å². The zero-order chi connectivity index (χ0) is 21.8. The van der Waals surface area contributed by atoms with Gasteiger partial charge in [0.1, 0.15) is 5.75 Å². The van der Waals surface area contributed by atoms with Crippen LogP contribution in [0.5, 0.6) is 5.75 Å². The molecule has 0 unspecified atom stereocenters. The summed E-state index contributed by atoms with van der Waals surface area (Å²) in [5.74, 6) is 0.170. The second-order valence-electron chi connectivity index (χ2n) is 7.29. The summed E-state index contributed by atoms with van der Waals surface area (Å²) in [5.41, 5.74) is 6.76. The van der Waals surface area contributed by atoms with Gasteiger partial charge >= 0.3 is 7.82 Å². The first-order chi connectivity index (χ1) is 15.0. The Morgan fingerprint density at radius 2 is 1.52 bits per heavy atom. The number of phosphoric acid groups is 1. The van der Waals surface area contributed by atoms with Gasteiger partial charge in [-0.3, -0.25) is 9.79 Å². The molecule has 0 amide bonds. The fraction of sp³-hybridized carbons (Fsp3) is 0.167. The molecule has 7 heteroatoms. The van der Waals surface area contributed by atoms with E-state index in [4.69, 9.17) is 15.0 Å². The Bertz CT molecular complexity index is 1240. The van der Waals surface area contributed by atoms with Crippen molar-refractivity contribution in [2.45, 2.75) is 12.5 Å². The summed E-state index contributed by atoms with van der Waals surface area (Å²) in [5, 5.41) is 3.90. The number of rotatable bonds is 4. The van der Waals surface area contributed by atoms with Gasteiger partial charge in [0.25, 0.3) is 0 Å². The van der Waals surface area contributed by atoms with Crippen molar-refractivity contribution in [1.82, 2.24) is 0 Å². The molecular weight excluding hydrogens is 413 g/mol. The van der Waals surface area contributed by atoms with E-state index < -0.39 is 7.82 Å². The van der Waals surface area contributed by atoms with Gasteiger partial charge in [-0.1, -0.05) is 72.8 Å². The fourth-order valence-electron chi connectivity index (χ4n) is 3.65. The highest BCUT2D eigenvalue weighted by Crippen LogP contribution is 2.46. The molecule has 1 saturated heterocycles. The highest BCUT2D eigenvalue weighted by Gasteiger charge is 2.21. The van der Waals surface area contributed by atoms with Gasteiger partial charge in [-0.15, -0.1) is 0 Å². The minimum Gasteiger partial charge on any atom is -0.404 e. The maximum absolute atomic E-state index is 11.5. The normalized spacial score (nSPS) is 15.8. The molecule has 4 N–H and O–H groups in total. The second kappa shape index (κ2) is 9.18. The average Bonchev–Trinajstić information content (AvgIpc) is 2.72. The Kier molecular flexibility index (Phi) is 6.37. The second-order valence-corrected chi connectivity index (χ2v) is 8.45. The summed E-state index contributed by atoms with van der Waals surface area (Å²) in [7, 11) is -4.67. The fourth-order valence-corrected chi connectivity index (χ4v) is 4.06. The number of phosphoric ester groups is 1. The first kappa shape index (κ1) is 21.5. The standard InChI is InChI=1S/C20H15O4P.C4H9NO/c21-25(22,23)24-19-13-12-15-7-2-4-10-17(15)20(19)18-11-5-8-14-6-1-3-9-16(14)18;5-3-4-1-2-6-4/h1-13H,(H2,21,22,23);4H,1-3,5H2/t;4-/m.0/s1. The van der Waals surface area contributed by atoms with Crippen LogP contribution in [0.1, 0.15) is 6.42 Å². The lowest BCUT2D eigenvalue weighted by Crippen LogP contribution is -2.33. The third kappa shape index (κ3) is 4.96. The number of benzene rings is 4. The van der Waals surface area contributed by atoms with Crippen molar-refractivity contribution < 1.29 is 23.6 Å². The van der Waals surface area contributed by atoms with Gasteiger partial charge in [0.2, 0.25) is 0 Å². The first-order valence-corrected chi connectivity index (χ1v) is 11.6. The van der Waals surface area contributed by atoms with Crippen molar-refractivity contribution in [3.63, 3.8) is 0 Å². The molecule has 6 nitrogen and oxygen atoms in total. The zero-order valence-corrected chi connectivity index (χ0v) is 17.7. The van der Waals surface area contributed by atoms with E-state index in [2.05, 4.69) is 0 Å². The van der Waals surface area contributed by atoms with Crippen LogP contribution in [0, 0.1) is 0 Å². The van der Waals surface area contributed by atoms with E-state index >= 15 is 0 Å². The summed E-state index contributed by atoms with van der Waals surface area (Å²) in [4.78, 5) is 18.6. The monoisotopic (exact) mass is 437 g/mol. The van der Waals surface area contributed by atoms with Crippen LogP contribution in [0.2, 0.25) is 0 Å². The lowest BCUT2D eigenvalue weighted by molar-refractivity contribution is -0.0435. The molecular formula is C24H24NO5P. The number of hydrogen-bond acceptors (Lipinski definition) is 4. The van der Waals surface area contributed by atoms with E-state index in [0.717, 1.165) is 40.1 Å². The zero-order valence-electron chi connectivity index (χ0n) is 16.8. The third-order valence-electron chi connectivity index (χ3n) is 5.22. The van der Waals surface area contributed by atoms with Crippen LogP contribution in [0.3, 0.4) is 0 Å². The molecule has 1 aliphatic heterocycles. The summed E-state index contributed by atoms with van der Waals surface area (Å²) in [6.07, 6.45) is 1.56. The number of ether oxygens (including phenoxy) is 1. The molecule has 0 aliphatic carbocycles. The largest absolute Gasteiger partial charge is 0.524 e. The van der Waals surface area contributed by atoms with Gasteiger partial charge in [0.15, 0.2) is 0 Å². The van der Waals surface area contributed by atoms with Crippen molar-refractivity contribution in [2.24, 2.45) is 5.73 Å². The van der Waals surface area contributed by atoms with Crippen LogP contribution in [-0.4, -0.2) is 29.0 Å². The minimum atomic E-state index is -4.67. The van der Waals surface area contributed by atoms with Gasteiger partial charge in [0, 0.05) is 18.7 Å². The molecule has 5 rings (SSSR count). The minimum absolute atomic E-state index is 0.170. The van der Waals surface area contributed by atoms with E-state index in [9.17, 15) is 14.4 Å². The smallest absolute Gasteiger partial charge is 0.404 e. The van der Waals surface area contributed by atoms with Crippen molar-refractivity contribution in [2.75, 3.05) is 13.2 Å². The van der Waals surface area contributed by atoms with Crippen LogP contribution >= 0.6 is 7.82 Å². The molecule has 1 atom stereocenters. The number of hydrogen-bond donors (Lipinski definition) is 3. The Morgan fingerprint density at radius 1 is 0.903 bits per heavy atom. The van der Waals surface area contributed by atoms with Gasteiger partial charge < -0.3 is 15.0 Å². The topological polar surface area (TPSA) is 102 Å². The molecule has 0 aromatic heterocycles. The molecule has 1 heterocycles. The van der Waals surface area contributed by atoms with E-state index in [-0.39, 0.29) is 5.75 Å². The van der Waals surface area contributed by atoms with Crippen molar-refractivity contribution >= 4 is 29.4 Å². The lowest BCUT2D eigenvalue weighted by Gasteiger charge is -2.24. The molecule has 0 spiro atoms. The quantitative estimate of drug-likeness (QED) is 0.394. The Balaban J connectivity index is 0.000000334. The Labute approximate surface area is 180 Å². The number of nitrogens with two attached hydrogens (primary N) is 1. The van der Waals surface area contributed by atoms with Crippen LogP contribution in [0.15, 0.2) is 78.9 Å². The van der Waals surface area contributed by atoms with Crippen LogP contribution in [-0.2, 0) is 9.30 Å². The molecule has 4 aromatic carbocycles. The van der Waals surface area contributed by atoms with Crippen molar-refractivity contribution in [3.05, 3.63) is 78.9 Å². The highest BCUT2D eigenvalue weighted by atomic mass is 31.2. The van der Waals surface area contributed by atoms with Crippen molar-refractivity contribution in [1.29, 1.82) is 0 Å². The van der Waals surface area contributed by atoms with E-state index in [0.29, 0.717) is 18.2 Å². The summed E-state index contributed by atoms with van der Waals surface area (Å²) < 4.78 is 21.4. The highest BCUT2D eigenvalue weighted by molar-refractivity contribution is 7.46. The molecule has 1 aliphatic rings. The molecule has 1 fully saturated rings. The number of fused-ring (bicyclic) bond motifs is 2. The van der Waals surface area contributed by atoms with Gasteiger partial charge in [-0.25, -0.2) is 4.57 Å². The first-order valence-electron chi connectivity index (χ1n) is 10.0. The predicted octanol–water partition coefficient (Wildman–Crippen LogP) is 4.87. The molecule has 31 heavy (non-hydrogen) atoms. The molecule has 4 aromatic rings. The third-order valence-corrected chi connectivity index (χ3v) is 5.66. The van der Waals surface area contributed by atoms with Crippen molar-refractivity contribution in [3.8, 4) is 16.9 Å². The SMILES string of the molecule is NC[C@@H]1CCO1.O=P(O)(O)Oc1ccc2ccccc2c1-c1cccc2ccccc12. The molecule has 0 bridgehead atoms. The molecule has 160 valence electrons. The van der Waals surface area contributed by atoms with E-state index in [1.807, 2.05) is 66.7 Å². The van der Waals surface area contributed by atoms with Crippen LogP contribution in [0.25, 0.3) is 32.7 Å². The summed E-state index contributed by atoms with van der Waals surface area (Å²) in [6, 6.07) is 24.9. The summed E-state index contributed by atoms with van der Waals surface area (Å²) in [6.45, 7) is 1.61. The Hall–Kier alpha value is -2.73. The molecule has 0 saturated carbocycles. The molecule has 0 radical (unpaired) electrons. The van der Waals surface area contributed by atoms with Gasteiger partial charge in [-0.05, 0) is 39.6 Å². The van der Waals surface area contributed by atoms with Crippen LogP contribution < -0.4 is 10.3 Å². The van der Waals surface area contributed by atoms with Crippen LogP contribution in [0.4, 0.5) is 0 Å². The average molecular weight is 437 g/mol.